The van der Waals surface area contributed by atoms with Gasteiger partial charge in [0, 0.05) is 12.4 Å². The molecule has 25 heavy (non-hydrogen) atoms. The maximum Gasteiger partial charge on any atom is 0.417 e. The molecule has 1 aliphatic rings. The van der Waals surface area contributed by atoms with Crippen LogP contribution in [0.4, 0.5) is 23.7 Å². The Morgan fingerprint density at radius 1 is 1.12 bits per heavy atom. The Bertz CT molecular complexity index is 885. The van der Waals surface area contributed by atoms with Gasteiger partial charge >= 0.3 is 6.18 Å². The lowest BCUT2D eigenvalue weighted by Crippen LogP contribution is -2.28. The fourth-order valence-corrected chi connectivity index (χ4v) is 3.24. The normalized spacial score (nSPS) is 16.8. The predicted octanol–water partition coefficient (Wildman–Crippen LogP) is 4.99. The first-order valence-electron chi connectivity index (χ1n) is 6.82. The molecule has 1 aromatic carbocycles. The van der Waals surface area contributed by atoms with Crippen molar-refractivity contribution in [3.63, 3.8) is 0 Å². The van der Waals surface area contributed by atoms with Crippen molar-refractivity contribution in [2.75, 3.05) is 4.90 Å². The number of hydrogen-bond acceptors (Lipinski definition) is 4. The van der Waals surface area contributed by atoms with Crippen LogP contribution in [0.3, 0.4) is 0 Å². The summed E-state index contributed by atoms with van der Waals surface area (Å²) >= 11 is 6.22. The van der Waals surface area contributed by atoms with E-state index in [1.54, 1.807) is 12.1 Å². The van der Waals surface area contributed by atoms with Crippen LogP contribution in [0.1, 0.15) is 11.1 Å². The van der Waals surface area contributed by atoms with Crippen LogP contribution in [0.5, 0.6) is 0 Å². The van der Waals surface area contributed by atoms with Gasteiger partial charge in [0.2, 0.25) is 0 Å². The topological polar surface area (TPSA) is 50.3 Å². The van der Waals surface area contributed by atoms with Gasteiger partial charge in [0.05, 0.1) is 21.2 Å². The molecule has 1 fully saturated rings. The summed E-state index contributed by atoms with van der Waals surface area (Å²) in [7, 11) is 0. The van der Waals surface area contributed by atoms with E-state index in [0.717, 1.165) is 6.07 Å². The lowest BCUT2D eigenvalue weighted by atomic mass is 10.1. The van der Waals surface area contributed by atoms with Gasteiger partial charge in [-0.15, -0.1) is 0 Å². The summed E-state index contributed by atoms with van der Waals surface area (Å²) < 4.78 is 38.9. The highest BCUT2D eigenvalue weighted by Crippen LogP contribution is 2.40. The lowest BCUT2D eigenvalue weighted by Gasteiger charge is -2.16. The number of thioether (sulfide) groups is 1. The maximum atomic E-state index is 13.0. The monoisotopic (exact) mass is 384 g/mol. The molecule has 9 heteroatoms. The minimum absolute atomic E-state index is 0.111. The highest BCUT2D eigenvalue weighted by Gasteiger charge is 2.39. The van der Waals surface area contributed by atoms with Gasteiger partial charge in [0.1, 0.15) is 0 Å². The summed E-state index contributed by atoms with van der Waals surface area (Å²) in [6.07, 6.45) is -0.176. The molecular formula is C16H8ClF3N2O2S. The van der Waals surface area contributed by atoms with Crippen molar-refractivity contribution < 1.29 is 22.8 Å². The van der Waals surface area contributed by atoms with Crippen molar-refractivity contribution in [3.05, 3.63) is 63.8 Å². The summed E-state index contributed by atoms with van der Waals surface area (Å²) in [4.78, 5) is 29.2. The standard InChI is InChI=1S/C16H8ClF3N2O2S/c17-12-2-1-10(8-11(12)16(18,19)20)22-14(23)13(25-15(22)24)7-9-3-5-21-6-4-9/h1-8H/b13-7-. The van der Waals surface area contributed by atoms with Crippen LogP contribution in [0.15, 0.2) is 47.6 Å². The van der Waals surface area contributed by atoms with Crippen LogP contribution < -0.4 is 4.90 Å². The van der Waals surface area contributed by atoms with E-state index in [1.165, 1.54) is 24.5 Å². The Morgan fingerprint density at radius 2 is 1.80 bits per heavy atom. The molecule has 1 aromatic heterocycles. The molecule has 0 atom stereocenters. The fourth-order valence-electron chi connectivity index (χ4n) is 2.17. The van der Waals surface area contributed by atoms with Crippen molar-refractivity contribution >= 4 is 46.3 Å². The Kier molecular flexibility index (Phi) is 4.57. The van der Waals surface area contributed by atoms with Crippen LogP contribution in [-0.2, 0) is 11.0 Å². The average molecular weight is 385 g/mol. The zero-order valence-electron chi connectivity index (χ0n) is 12.2. The number of aromatic nitrogens is 1. The summed E-state index contributed by atoms with van der Waals surface area (Å²) in [5, 5.41) is -1.18. The third-order valence-corrected chi connectivity index (χ3v) is 4.51. The number of pyridine rings is 1. The molecule has 0 saturated carbocycles. The lowest BCUT2D eigenvalue weighted by molar-refractivity contribution is -0.137. The highest BCUT2D eigenvalue weighted by molar-refractivity contribution is 8.19. The van der Waals surface area contributed by atoms with Crippen molar-refractivity contribution in [2.45, 2.75) is 6.18 Å². The second-order valence-electron chi connectivity index (χ2n) is 4.96. The molecule has 2 amide bonds. The van der Waals surface area contributed by atoms with Gasteiger partial charge in [0.25, 0.3) is 11.1 Å². The molecule has 4 nitrogen and oxygen atoms in total. The molecule has 2 heterocycles. The van der Waals surface area contributed by atoms with E-state index in [4.69, 9.17) is 11.6 Å². The molecule has 3 rings (SSSR count). The van der Waals surface area contributed by atoms with Gasteiger partial charge in [-0.2, -0.15) is 13.2 Å². The number of nitrogens with zero attached hydrogens (tertiary/aromatic N) is 2. The van der Waals surface area contributed by atoms with E-state index in [2.05, 4.69) is 4.98 Å². The Labute approximate surface area is 149 Å². The number of anilines is 1. The molecule has 0 aliphatic carbocycles. The summed E-state index contributed by atoms with van der Waals surface area (Å²) in [5.74, 6) is -0.692. The minimum Gasteiger partial charge on any atom is -0.268 e. The van der Waals surface area contributed by atoms with E-state index in [1.807, 2.05) is 0 Å². The molecule has 0 bridgehead atoms. The van der Waals surface area contributed by atoms with Gasteiger partial charge in [-0.25, -0.2) is 4.90 Å². The number of alkyl halides is 3. The molecule has 128 valence electrons. The van der Waals surface area contributed by atoms with Crippen LogP contribution in [-0.4, -0.2) is 16.1 Å². The summed E-state index contributed by atoms with van der Waals surface area (Å²) in [6, 6.07) is 6.17. The van der Waals surface area contributed by atoms with Crippen LogP contribution in [0.2, 0.25) is 5.02 Å². The highest BCUT2D eigenvalue weighted by atomic mass is 35.5. The van der Waals surface area contributed by atoms with Crippen molar-refractivity contribution in [1.82, 2.24) is 4.98 Å². The molecule has 1 saturated heterocycles. The van der Waals surface area contributed by atoms with Crippen LogP contribution in [0.25, 0.3) is 6.08 Å². The molecule has 0 spiro atoms. The maximum absolute atomic E-state index is 13.0. The Morgan fingerprint density at radius 3 is 2.44 bits per heavy atom. The molecule has 0 unspecified atom stereocenters. The van der Waals surface area contributed by atoms with Gasteiger partial charge in [-0.05, 0) is 53.7 Å². The average Bonchev–Trinajstić information content (AvgIpc) is 2.82. The fraction of sp³-hybridized carbons (Fsp3) is 0.0625. The number of rotatable bonds is 2. The van der Waals surface area contributed by atoms with Crippen molar-refractivity contribution in [3.8, 4) is 0 Å². The Balaban J connectivity index is 1.98. The van der Waals surface area contributed by atoms with Gasteiger partial charge in [-0.3, -0.25) is 14.6 Å². The van der Waals surface area contributed by atoms with Crippen molar-refractivity contribution in [1.29, 1.82) is 0 Å². The third kappa shape index (κ3) is 3.54. The number of amides is 2. The number of imide groups is 1. The van der Waals surface area contributed by atoms with E-state index in [-0.39, 0.29) is 10.6 Å². The molecule has 2 aromatic rings. The second kappa shape index (κ2) is 6.53. The molecule has 0 radical (unpaired) electrons. The molecular weight excluding hydrogens is 377 g/mol. The van der Waals surface area contributed by atoms with E-state index in [0.29, 0.717) is 28.3 Å². The zero-order chi connectivity index (χ0) is 18.2. The first kappa shape index (κ1) is 17.5. The van der Waals surface area contributed by atoms with Crippen LogP contribution >= 0.6 is 23.4 Å². The van der Waals surface area contributed by atoms with Gasteiger partial charge in [0.15, 0.2) is 0 Å². The van der Waals surface area contributed by atoms with Gasteiger partial charge in [-0.1, -0.05) is 11.6 Å². The van der Waals surface area contributed by atoms with E-state index in [9.17, 15) is 22.8 Å². The number of carbonyl (C=O) groups excluding carboxylic acids is 2. The zero-order valence-corrected chi connectivity index (χ0v) is 13.8. The number of carbonyl (C=O) groups is 2. The van der Waals surface area contributed by atoms with E-state index < -0.39 is 27.9 Å². The first-order valence-corrected chi connectivity index (χ1v) is 8.01. The predicted molar refractivity (Wildman–Crippen MR) is 89.1 cm³/mol. The Hall–Kier alpha value is -2.32. The summed E-state index contributed by atoms with van der Waals surface area (Å²) in [5.41, 5.74) is -0.645. The SMILES string of the molecule is O=C1S/C(=C\c2ccncc2)C(=O)N1c1ccc(Cl)c(C(F)(F)F)c1. The number of hydrogen-bond donors (Lipinski definition) is 0. The number of benzene rings is 1. The quantitative estimate of drug-likeness (QED) is 0.684. The van der Waals surface area contributed by atoms with Gasteiger partial charge < -0.3 is 0 Å². The molecule has 0 N–H and O–H groups in total. The first-order chi connectivity index (χ1) is 11.8. The second-order valence-corrected chi connectivity index (χ2v) is 6.36. The summed E-state index contributed by atoms with van der Waals surface area (Å²) in [6.45, 7) is 0. The van der Waals surface area contributed by atoms with E-state index >= 15 is 0 Å². The minimum atomic E-state index is -4.69. The van der Waals surface area contributed by atoms with Crippen LogP contribution in [0, 0.1) is 0 Å². The largest absolute Gasteiger partial charge is 0.417 e. The van der Waals surface area contributed by atoms with Crippen molar-refractivity contribution in [2.24, 2.45) is 0 Å². The number of halogens is 4. The third-order valence-electron chi connectivity index (χ3n) is 3.31. The smallest absolute Gasteiger partial charge is 0.268 e. The molecule has 1 aliphatic heterocycles.